The topological polar surface area (TPSA) is 34.2 Å². The molecule has 0 unspecified atom stereocenters. The van der Waals surface area contributed by atoms with Crippen molar-refractivity contribution < 1.29 is 13.5 Å². The van der Waals surface area contributed by atoms with Gasteiger partial charge < -0.3 is 10.1 Å². The first-order valence-electron chi connectivity index (χ1n) is 6.66. The van der Waals surface area contributed by atoms with Gasteiger partial charge >= 0.3 is 0 Å². The van der Waals surface area contributed by atoms with E-state index >= 15 is 0 Å². The molecule has 1 N–H and O–H groups in total. The highest BCUT2D eigenvalue weighted by Gasteiger charge is 2.12. The van der Waals surface area contributed by atoms with Crippen LogP contribution in [0.1, 0.15) is 26.3 Å². The number of ether oxygens (including phenoxy) is 1. The molecule has 0 bridgehead atoms. The van der Waals surface area contributed by atoms with E-state index in [0.717, 1.165) is 17.7 Å². The Morgan fingerprint density at radius 2 is 1.90 bits per heavy atom. The summed E-state index contributed by atoms with van der Waals surface area (Å²) in [6.07, 6.45) is 3.22. The zero-order valence-electron chi connectivity index (χ0n) is 12.3. The van der Waals surface area contributed by atoms with Crippen LogP contribution in [0, 0.1) is 11.6 Å². The summed E-state index contributed by atoms with van der Waals surface area (Å²) in [5.41, 5.74) is 0.854. The Balaban J connectivity index is 2.17. The molecule has 2 aromatic rings. The van der Waals surface area contributed by atoms with E-state index in [1.165, 1.54) is 6.07 Å². The Labute approximate surface area is 123 Å². The van der Waals surface area contributed by atoms with Gasteiger partial charge in [0.1, 0.15) is 11.5 Å². The highest BCUT2D eigenvalue weighted by Crippen LogP contribution is 2.26. The third kappa shape index (κ3) is 4.49. The third-order valence-corrected chi connectivity index (χ3v) is 2.80. The number of benzene rings is 1. The fraction of sp³-hybridized carbons (Fsp3) is 0.312. The molecule has 0 aliphatic heterocycles. The van der Waals surface area contributed by atoms with Crippen LogP contribution in [-0.2, 0) is 6.54 Å². The maximum atomic E-state index is 13.2. The van der Waals surface area contributed by atoms with Crippen LogP contribution < -0.4 is 10.1 Å². The van der Waals surface area contributed by atoms with Crippen LogP contribution in [0.4, 0.5) is 8.78 Å². The highest BCUT2D eigenvalue weighted by molar-refractivity contribution is 5.35. The number of nitrogens with one attached hydrogen (secondary N) is 1. The Morgan fingerprint density at radius 1 is 1.14 bits per heavy atom. The molecule has 0 saturated carbocycles. The van der Waals surface area contributed by atoms with Gasteiger partial charge in [0.2, 0.25) is 0 Å². The number of pyridine rings is 1. The Kier molecular flexibility index (Phi) is 4.53. The van der Waals surface area contributed by atoms with E-state index in [1.54, 1.807) is 12.4 Å². The van der Waals surface area contributed by atoms with E-state index in [1.807, 2.05) is 6.07 Å². The van der Waals surface area contributed by atoms with Crippen molar-refractivity contribution in [2.75, 3.05) is 0 Å². The van der Waals surface area contributed by atoms with Crippen molar-refractivity contribution in [1.29, 1.82) is 0 Å². The van der Waals surface area contributed by atoms with Crippen LogP contribution >= 0.6 is 0 Å². The molecule has 0 fully saturated rings. The SMILES string of the molecule is CC(C)(C)NCc1ccncc1Oc1ccc(F)c(F)c1. The molecule has 0 radical (unpaired) electrons. The molecule has 0 aliphatic carbocycles. The van der Waals surface area contributed by atoms with E-state index in [2.05, 4.69) is 31.1 Å². The van der Waals surface area contributed by atoms with Gasteiger partial charge in [-0.15, -0.1) is 0 Å². The minimum absolute atomic E-state index is 0.0392. The van der Waals surface area contributed by atoms with Crippen molar-refractivity contribution in [3.63, 3.8) is 0 Å². The van der Waals surface area contributed by atoms with Crippen molar-refractivity contribution in [2.45, 2.75) is 32.9 Å². The summed E-state index contributed by atoms with van der Waals surface area (Å²) in [4.78, 5) is 4.01. The smallest absolute Gasteiger partial charge is 0.162 e. The summed E-state index contributed by atoms with van der Waals surface area (Å²) in [5.74, 6) is -1.09. The number of aromatic nitrogens is 1. The number of rotatable bonds is 4. The summed E-state index contributed by atoms with van der Waals surface area (Å²) in [5, 5.41) is 3.34. The van der Waals surface area contributed by atoms with Gasteiger partial charge in [-0.3, -0.25) is 4.98 Å². The lowest BCUT2D eigenvalue weighted by molar-refractivity contribution is 0.412. The van der Waals surface area contributed by atoms with Crippen LogP contribution in [0.25, 0.3) is 0 Å². The van der Waals surface area contributed by atoms with Crippen molar-refractivity contribution in [3.8, 4) is 11.5 Å². The minimum atomic E-state index is -0.939. The summed E-state index contributed by atoms with van der Waals surface area (Å²) >= 11 is 0. The molecule has 21 heavy (non-hydrogen) atoms. The Hall–Kier alpha value is -2.01. The summed E-state index contributed by atoms with van der Waals surface area (Å²) < 4.78 is 31.7. The molecule has 0 aliphatic rings. The normalized spacial score (nSPS) is 11.5. The van der Waals surface area contributed by atoms with Crippen LogP contribution in [0.15, 0.2) is 36.7 Å². The fourth-order valence-electron chi connectivity index (χ4n) is 1.67. The van der Waals surface area contributed by atoms with Crippen molar-refractivity contribution in [1.82, 2.24) is 10.3 Å². The average Bonchev–Trinajstić information content (AvgIpc) is 2.41. The number of hydrogen-bond donors (Lipinski definition) is 1. The third-order valence-electron chi connectivity index (χ3n) is 2.80. The predicted molar refractivity (Wildman–Crippen MR) is 77.3 cm³/mol. The van der Waals surface area contributed by atoms with E-state index < -0.39 is 11.6 Å². The number of halogens is 2. The standard InChI is InChI=1S/C16H18F2N2O/c1-16(2,3)20-9-11-6-7-19-10-15(11)21-12-4-5-13(17)14(18)8-12/h4-8,10,20H,9H2,1-3H3. The molecule has 0 spiro atoms. The van der Waals surface area contributed by atoms with E-state index in [9.17, 15) is 8.78 Å². The van der Waals surface area contributed by atoms with E-state index in [-0.39, 0.29) is 11.3 Å². The quantitative estimate of drug-likeness (QED) is 0.923. The largest absolute Gasteiger partial charge is 0.455 e. The second-order valence-corrected chi connectivity index (χ2v) is 5.76. The summed E-state index contributed by atoms with van der Waals surface area (Å²) in [7, 11) is 0. The fourth-order valence-corrected chi connectivity index (χ4v) is 1.67. The second-order valence-electron chi connectivity index (χ2n) is 5.76. The highest BCUT2D eigenvalue weighted by atomic mass is 19.2. The Morgan fingerprint density at radius 3 is 2.57 bits per heavy atom. The zero-order chi connectivity index (χ0) is 15.5. The lowest BCUT2D eigenvalue weighted by Crippen LogP contribution is -2.35. The monoisotopic (exact) mass is 292 g/mol. The van der Waals surface area contributed by atoms with Crippen molar-refractivity contribution in [2.24, 2.45) is 0 Å². The van der Waals surface area contributed by atoms with E-state index in [4.69, 9.17) is 4.74 Å². The van der Waals surface area contributed by atoms with Gasteiger partial charge in [0, 0.05) is 29.9 Å². The molecule has 2 rings (SSSR count). The van der Waals surface area contributed by atoms with Gasteiger partial charge in [-0.2, -0.15) is 0 Å². The van der Waals surface area contributed by atoms with Gasteiger partial charge in [-0.25, -0.2) is 8.78 Å². The van der Waals surface area contributed by atoms with Crippen LogP contribution in [0.3, 0.4) is 0 Å². The second kappa shape index (κ2) is 6.18. The summed E-state index contributed by atoms with van der Waals surface area (Å²) in [6.45, 7) is 6.77. The summed E-state index contributed by atoms with van der Waals surface area (Å²) in [6, 6.07) is 5.26. The van der Waals surface area contributed by atoms with Crippen molar-refractivity contribution in [3.05, 3.63) is 53.9 Å². The van der Waals surface area contributed by atoms with Crippen LogP contribution in [-0.4, -0.2) is 10.5 Å². The molecule has 112 valence electrons. The molecule has 0 amide bonds. The lowest BCUT2D eigenvalue weighted by Gasteiger charge is -2.21. The predicted octanol–water partition coefficient (Wildman–Crippen LogP) is 4.04. The van der Waals surface area contributed by atoms with E-state index in [0.29, 0.717) is 12.3 Å². The molecule has 0 saturated heterocycles. The molecular formula is C16H18F2N2O. The molecule has 1 aromatic carbocycles. The first-order chi connectivity index (χ1) is 9.85. The first kappa shape index (κ1) is 15.4. The molecular weight excluding hydrogens is 274 g/mol. The maximum absolute atomic E-state index is 13.2. The zero-order valence-corrected chi connectivity index (χ0v) is 12.3. The molecule has 3 nitrogen and oxygen atoms in total. The van der Waals surface area contributed by atoms with Gasteiger partial charge in [-0.1, -0.05) is 0 Å². The number of nitrogens with zero attached hydrogens (tertiary/aromatic N) is 1. The van der Waals surface area contributed by atoms with Crippen LogP contribution in [0.2, 0.25) is 0 Å². The lowest BCUT2D eigenvalue weighted by atomic mass is 10.1. The maximum Gasteiger partial charge on any atom is 0.162 e. The number of hydrogen-bond acceptors (Lipinski definition) is 3. The Bertz CT molecular complexity index is 624. The molecule has 1 aromatic heterocycles. The minimum Gasteiger partial charge on any atom is -0.455 e. The van der Waals surface area contributed by atoms with Crippen molar-refractivity contribution >= 4 is 0 Å². The molecule has 5 heteroatoms. The molecule has 0 atom stereocenters. The van der Waals surface area contributed by atoms with Gasteiger partial charge in [0.25, 0.3) is 0 Å². The van der Waals surface area contributed by atoms with Gasteiger partial charge in [0.15, 0.2) is 11.6 Å². The average molecular weight is 292 g/mol. The van der Waals surface area contributed by atoms with Gasteiger partial charge in [-0.05, 0) is 39.0 Å². The van der Waals surface area contributed by atoms with Crippen LogP contribution in [0.5, 0.6) is 11.5 Å². The van der Waals surface area contributed by atoms with Gasteiger partial charge in [0.05, 0.1) is 6.20 Å². The molecule has 1 heterocycles. The first-order valence-corrected chi connectivity index (χ1v) is 6.66.